The smallest absolute Gasteiger partial charge is 0.242 e. The topological polar surface area (TPSA) is 98.1 Å². The van der Waals surface area contributed by atoms with Crippen LogP contribution in [-0.4, -0.2) is 47.8 Å². The van der Waals surface area contributed by atoms with E-state index in [1.54, 1.807) is 37.1 Å². The highest BCUT2D eigenvalue weighted by Crippen LogP contribution is 2.41. The molecule has 0 unspecified atom stereocenters. The molecular formula is C24H28N2O6. The zero-order valence-electron chi connectivity index (χ0n) is 18.6. The maximum atomic E-state index is 12.9. The molecule has 0 radical (unpaired) electrons. The molecule has 8 nitrogen and oxygen atoms in total. The van der Waals surface area contributed by atoms with E-state index in [0.29, 0.717) is 42.2 Å². The van der Waals surface area contributed by atoms with E-state index in [9.17, 15) is 14.4 Å². The summed E-state index contributed by atoms with van der Waals surface area (Å²) in [6, 6.07) is 8.17. The Morgan fingerprint density at radius 2 is 2.06 bits per heavy atom. The Labute approximate surface area is 186 Å². The van der Waals surface area contributed by atoms with Crippen LogP contribution < -0.4 is 14.8 Å². The van der Waals surface area contributed by atoms with Crippen LogP contribution >= 0.6 is 0 Å². The molecule has 8 heteroatoms. The van der Waals surface area contributed by atoms with E-state index in [1.165, 1.54) is 0 Å². The predicted octanol–water partition coefficient (Wildman–Crippen LogP) is 3.02. The molecule has 1 spiro atoms. The third-order valence-electron chi connectivity index (χ3n) is 6.30. The number of amides is 2. The van der Waals surface area contributed by atoms with Crippen molar-refractivity contribution in [2.75, 3.05) is 13.7 Å². The molecule has 2 aliphatic heterocycles. The summed E-state index contributed by atoms with van der Waals surface area (Å²) in [7, 11) is 1.56. The molecule has 2 aliphatic rings. The number of ketones is 1. The number of hydrogen-bond acceptors (Lipinski definition) is 6. The fraction of sp³-hybridized carbons (Fsp3) is 0.458. The summed E-state index contributed by atoms with van der Waals surface area (Å²) in [6.07, 6.45) is 1.31. The molecule has 0 saturated carbocycles. The standard InChI is InChI=1S/C24H28N2O6/c1-15-4-5-18(31-15)14-25-23(29)16(2)26-11-10-24(9-8-22(26)28)13-20(27)19-7-6-17(30-3)12-21(19)32-24/h4-7,12,16H,8-11,13-14H2,1-3H3,(H,25,29)/t16-,24-/m0/s1. The number of methoxy groups -OCH3 is 1. The number of carbonyl (C=O) groups is 3. The number of furan rings is 1. The van der Waals surface area contributed by atoms with Crippen molar-refractivity contribution in [2.45, 2.75) is 57.7 Å². The van der Waals surface area contributed by atoms with Gasteiger partial charge in [-0.1, -0.05) is 0 Å². The molecule has 0 bridgehead atoms. The highest BCUT2D eigenvalue weighted by Gasteiger charge is 2.44. The van der Waals surface area contributed by atoms with Crippen molar-refractivity contribution in [3.63, 3.8) is 0 Å². The monoisotopic (exact) mass is 440 g/mol. The van der Waals surface area contributed by atoms with Crippen molar-refractivity contribution in [1.82, 2.24) is 10.2 Å². The number of aryl methyl sites for hydroxylation is 1. The van der Waals surface area contributed by atoms with Crippen molar-refractivity contribution < 1.29 is 28.3 Å². The Balaban J connectivity index is 1.44. The number of nitrogens with one attached hydrogen (secondary N) is 1. The van der Waals surface area contributed by atoms with E-state index >= 15 is 0 Å². The van der Waals surface area contributed by atoms with Crippen molar-refractivity contribution in [3.05, 3.63) is 47.4 Å². The summed E-state index contributed by atoms with van der Waals surface area (Å²) < 4.78 is 17.0. The molecular weight excluding hydrogens is 412 g/mol. The highest BCUT2D eigenvalue weighted by atomic mass is 16.5. The maximum absolute atomic E-state index is 12.9. The molecule has 1 N–H and O–H groups in total. The van der Waals surface area contributed by atoms with Crippen molar-refractivity contribution in [2.24, 2.45) is 0 Å². The molecule has 1 aromatic heterocycles. The van der Waals surface area contributed by atoms with Crippen molar-refractivity contribution in [3.8, 4) is 11.5 Å². The van der Waals surface area contributed by atoms with Gasteiger partial charge in [0, 0.05) is 25.5 Å². The van der Waals surface area contributed by atoms with Gasteiger partial charge < -0.3 is 24.1 Å². The Kier molecular flexibility index (Phi) is 5.95. The summed E-state index contributed by atoms with van der Waals surface area (Å²) in [4.78, 5) is 39.9. The lowest BCUT2D eigenvalue weighted by atomic mass is 9.84. The first kappa shape index (κ1) is 21.9. The number of fused-ring (bicyclic) bond motifs is 1. The van der Waals surface area contributed by atoms with E-state index in [2.05, 4.69) is 5.32 Å². The number of ether oxygens (including phenoxy) is 2. The van der Waals surface area contributed by atoms with Gasteiger partial charge in [-0.2, -0.15) is 0 Å². The zero-order chi connectivity index (χ0) is 22.9. The number of carbonyl (C=O) groups excluding carboxylic acids is 3. The second kappa shape index (κ2) is 8.68. The highest BCUT2D eigenvalue weighted by molar-refractivity contribution is 6.00. The molecule has 2 aromatic rings. The van der Waals surface area contributed by atoms with Crippen molar-refractivity contribution >= 4 is 17.6 Å². The van der Waals surface area contributed by atoms with Crippen LogP contribution in [-0.2, 0) is 16.1 Å². The fourth-order valence-corrected chi connectivity index (χ4v) is 4.39. The third kappa shape index (κ3) is 4.35. The minimum Gasteiger partial charge on any atom is -0.497 e. The largest absolute Gasteiger partial charge is 0.497 e. The Bertz CT molecular complexity index is 1040. The van der Waals surface area contributed by atoms with Crippen LogP contribution in [0.1, 0.15) is 54.5 Å². The minimum absolute atomic E-state index is 0.00525. The van der Waals surface area contributed by atoms with Gasteiger partial charge in [0.05, 0.1) is 25.6 Å². The average molecular weight is 440 g/mol. The van der Waals surface area contributed by atoms with Gasteiger partial charge in [-0.25, -0.2) is 0 Å². The first-order valence-corrected chi connectivity index (χ1v) is 10.8. The lowest BCUT2D eigenvalue weighted by Gasteiger charge is -2.37. The molecule has 1 saturated heterocycles. The van der Waals surface area contributed by atoms with Gasteiger partial charge in [0.15, 0.2) is 5.78 Å². The summed E-state index contributed by atoms with van der Waals surface area (Å²) in [5.74, 6) is 2.15. The quantitative estimate of drug-likeness (QED) is 0.768. The van der Waals surface area contributed by atoms with Crippen LogP contribution in [0.5, 0.6) is 11.5 Å². The molecule has 0 aliphatic carbocycles. The Morgan fingerprint density at radius 1 is 1.25 bits per heavy atom. The van der Waals surface area contributed by atoms with Crippen LogP contribution in [0, 0.1) is 6.92 Å². The lowest BCUT2D eigenvalue weighted by molar-refractivity contribution is -0.139. The van der Waals surface area contributed by atoms with E-state index < -0.39 is 11.6 Å². The van der Waals surface area contributed by atoms with E-state index in [1.807, 2.05) is 19.1 Å². The molecule has 4 rings (SSSR count). The molecule has 1 fully saturated rings. The zero-order valence-corrected chi connectivity index (χ0v) is 18.6. The van der Waals surface area contributed by atoms with E-state index in [0.717, 1.165) is 5.76 Å². The number of nitrogens with zero attached hydrogens (tertiary/aromatic N) is 1. The summed E-state index contributed by atoms with van der Waals surface area (Å²) in [5.41, 5.74) is -0.229. The van der Waals surface area contributed by atoms with Gasteiger partial charge in [0.2, 0.25) is 11.8 Å². The first-order valence-electron chi connectivity index (χ1n) is 10.8. The van der Waals surface area contributed by atoms with Crippen LogP contribution in [0.4, 0.5) is 0 Å². The number of likely N-dealkylation sites (tertiary alicyclic amines) is 1. The average Bonchev–Trinajstić information content (AvgIpc) is 3.13. The Hall–Kier alpha value is -3.29. The number of benzene rings is 1. The molecule has 32 heavy (non-hydrogen) atoms. The Morgan fingerprint density at radius 3 is 2.78 bits per heavy atom. The number of Topliss-reactive ketones (excluding diaryl/α,β-unsaturated/α-hetero) is 1. The fourth-order valence-electron chi connectivity index (χ4n) is 4.39. The van der Waals surface area contributed by atoms with Crippen LogP contribution in [0.25, 0.3) is 0 Å². The van der Waals surface area contributed by atoms with Crippen LogP contribution in [0.15, 0.2) is 34.7 Å². The van der Waals surface area contributed by atoms with E-state index in [4.69, 9.17) is 13.9 Å². The summed E-state index contributed by atoms with van der Waals surface area (Å²) in [5, 5.41) is 2.83. The van der Waals surface area contributed by atoms with Gasteiger partial charge in [-0.15, -0.1) is 0 Å². The van der Waals surface area contributed by atoms with Crippen LogP contribution in [0.2, 0.25) is 0 Å². The van der Waals surface area contributed by atoms with E-state index in [-0.39, 0.29) is 37.0 Å². The molecule has 2 atom stereocenters. The number of hydrogen-bond donors (Lipinski definition) is 1. The molecule has 2 amide bonds. The normalized spacial score (nSPS) is 21.5. The van der Waals surface area contributed by atoms with Gasteiger partial charge >= 0.3 is 0 Å². The second-order valence-corrected chi connectivity index (χ2v) is 8.49. The predicted molar refractivity (Wildman–Crippen MR) is 116 cm³/mol. The van der Waals surface area contributed by atoms with Gasteiger partial charge in [0.25, 0.3) is 0 Å². The second-order valence-electron chi connectivity index (χ2n) is 8.49. The van der Waals surface area contributed by atoms with Crippen LogP contribution in [0.3, 0.4) is 0 Å². The summed E-state index contributed by atoms with van der Waals surface area (Å²) in [6.45, 7) is 4.15. The molecule has 1 aromatic carbocycles. The SMILES string of the molecule is COc1ccc2c(c1)O[C@]1(CCC(=O)N([C@@H](C)C(=O)NCc3ccc(C)o3)CC1)CC2=O. The molecule has 3 heterocycles. The lowest BCUT2D eigenvalue weighted by Crippen LogP contribution is -2.48. The van der Waals surface area contributed by atoms with Gasteiger partial charge in [-0.3, -0.25) is 14.4 Å². The van der Waals surface area contributed by atoms with Crippen molar-refractivity contribution in [1.29, 1.82) is 0 Å². The van der Waals surface area contributed by atoms with Gasteiger partial charge in [-0.05, 0) is 44.5 Å². The maximum Gasteiger partial charge on any atom is 0.242 e. The first-order chi connectivity index (χ1) is 15.3. The molecule has 170 valence electrons. The number of rotatable bonds is 5. The third-order valence-corrected chi connectivity index (χ3v) is 6.30. The minimum atomic E-state index is -0.761. The van der Waals surface area contributed by atoms with Gasteiger partial charge in [0.1, 0.15) is 34.7 Å². The summed E-state index contributed by atoms with van der Waals surface area (Å²) >= 11 is 0.